The Hall–Kier alpha value is -0.580. The summed E-state index contributed by atoms with van der Waals surface area (Å²) in [6, 6.07) is 7.61. The highest BCUT2D eigenvalue weighted by Gasteiger charge is 2.28. The molecule has 0 spiro atoms. The molecule has 0 aliphatic heterocycles. The van der Waals surface area contributed by atoms with Crippen LogP contribution in [0.25, 0.3) is 0 Å². The zero-order chi connectivity index (χ0) is 14.7. The summed E-state index contributed by atoms with van der Waals surface area (Å²) in [7, 11) is -3.08. The van der Waals surface area contributed by atoms with Gasteiger partial charge in [-0.05, 0) is 39.3 Å². The third-order valence-corrected chi connectivity index (χ3v) is 6.08. The van der Waals surface area contributed by atoms with E-state index < -0.39 is 14.6 Å². The fraction of sp³-hybridized carbons (Fsp3) is 0.571. The molecule has 1 atom stereocenters. The lowest BCUT2D eigenvalue weighted by molar-refractivity contribution is 0.546. The van der Waals surface area contributed by atoms with Crippen molar-refractivity contribution in [3.8, 4) is 0 Å². The average molecular weight is 304 g/mol. The minimum absolute atomic E-state index is 0.0314. The maximum Gasteiger partial charge on any atom is 0.156 e. The van der Waals surface area contributed by atoms with Gasteiger partial charge in [0.15, 0.2) is 9.84 Å². The Morgan fingerprint density at radius 1 is 1.26 bits per heavy atom. The first-order valence-electron chi connectivity index (χ1n) is 6.35. The van der Waals surface area contributed by atoms with Gasteiger partial charge in [0.05, 0.1) is 10.5 Å². The molecule has 0 saturated heterocycles. The molecule has 0 fully saturated rings. The number of sulfone groups is 1. The fourth-order valence-electron chi connectivity index (χ4n) is 1.65. The summed E-state index contributed by atoms with van der Waals surface area (Å²) < 4.78 is 23.2. The summed E-state index contributed by atoms with van der Waals surface area (Å²) in [6.45, 7) is 7.57. The molecule has 0 amide bonds. The number of hydrogen-bond donors (Lipinski definition) is 1. The second kappa shape index (κ2) is 6.25. The van der Waals surface area contributed by atoms with E-state index in [0.717, 1.165) is 5.56 Å². The van der Waals surface area contributed by atoms with E-state index in [1.54, 1.807) is 20.8 Å². The van der Waals surface area contributed by atoms with Crippen LogP contribution in [-0.2, 0) is 9.84 Å². The van der Waals surface area contributed by atoms with E-state index in [1.807, 2.05) is 31.2 Å². The van der Waals surface area contributed by atoms with Gasteiger partial charge in [-0.2, -0.15) is 0 Å². The lowest BCUT2D eigenvalue weighted by Gasteiger charge is -2.21. The summed E-state index contributed by atoms with van der Waals surface area (Å²) in [6.07, 6.45) is 0. The Balaban J connectivity index is 2.58. The second-order valence-corrected chi connectivity index (χ2v) is 8.90. The van der Waals surface area contributed by atoms with Crippen LogP contribution < -0.4 is 5.32 Å². The maximum absolute atomic E-state index is 12.0. The van der Waals surface area contributed by atoms with Gasteiger partial charge in [0.2, 0.25) is 0 Å². The Bertz CT molecular complexity index is 520. The number of halogens is 1. The number of benzene rings is 1. The molecule has 0 unspecified atom stereocenters. The van der Waals surface area contributed by atoms with Gasteiger partial charge in [0.25, 0.3) is 0 Å². The molecule has 1 aromatic carbocycles. The molecule has 19 heavy (non-hydrogen) atoms. The van der Waals surface area contributed by atoms with Crippen LogP contribution in [0.4, 0.5) is 0 Å². The SMILES string of the molecule is C[C@H](NCCS(=O)(=O)C(C)(C)C)c1ccccc1Cl. The van der Waals surface area contributed by atoms with Crippen molar-refractivity contribution in [3.05, 3.63) is 34.9 Å². The molecular formula is C14H22ClNO2S. The number of hydrogen-bond acceptors (Lipinski definition) is 3. The van der Waals surface area contributed by atoms with Crippen LogP contribution in [0.5, 0.6) is 0 Å². The predicted molar refractivity (Wildman–Crippen MR) is 81.4 cm³/mol. The van der Waals surface area contributed by atoms with Gasteiger partial charge in [-0.3, -0.25) is 0 Å². The van der Waals surface area contributed by atoms with Crippen LogP contribution in [0, 0.1) is 0 Å². The molecule has 0 aliphatic carbocycles. The average Bonchev–Trinajstić information content (AvgIpc) is 2.27. The van der Waals surface area contributed by atoms with Gasteiger partial charge in [0.1, 0.15) is 0 Å². The molecule has 0 radical (unpaired) electrons. The van der Waals surface area contributed by atoms with Crippen LogP contribution in [0.2, 0.25) is 5.02 Å². The van der Waals surface area contributed by atoms with Crippen molar-refractivity contribution >= 4 is 21.4 Å². The van der Waals surface area contributed by atoms with Crippen LogP contribution in [0.1, 0.15) is 39.3 Å². The van der Waals surface area contributed by atoms with Gasteiger partial charge in [0, 0.05) is 17.6 Å². The maximum atomic E-state index is 12.0. The third-order valence-electron chi connectivity index (χ3n) is 3.13. The van der Waals surface area contributed by atoms with Gasteiger partial charge < -0.3 is 5.32 Å². The molecule has 1 N–H and O–H groups in total. The molecule has 3 nitrogen and oxygen atoms in total. The lowest BCUT2D eigenvalue weighted by atomic mass is 10.1. The zero-order valence-corrected chi connectivity index (χ0v) is 13.5. The zero-order valence-electron chi connectivity index (χ0n) is 11.9. The predicted octanol–water partition coefficient (Wildman–Crippen LogP) is 3.20. The van der Waals surface area contributed by atoms with Crippen molar-refractivity contribution in [1.82, 2.24) is 5.32 Å². The highest BCUT2D eigenvalue weighted by molar-refractivity contribution is 7.92. The summed E-state index contributed by atoms with van der Waals surface area (Å²) in [4.78, 5) is 0. The van der Waals surface area contributed by atoms with Crippen molar-refractivity contribution in [3.63, 3.8) is 0 Å². The van der Waals surface area contributed by atoms with E-state index in [4.69, 9.17) is 11.6 Å². The normalized spacial score (nSPS) is 14.4. The molecule has 0 aromatic heterocycles. The van der Waals surface area contributed by atoms with Crippen molar-refractivity contribution in [2.24, 2.45) is 0 Å². The molecule has 1 rings (SSSR count). The number of rotatable bonds is 5. The minimum Gasteiger partial charge on any atom is -0.309 e. The van der Waals surface area contributed by atoms with Crippen LogP contribution in [-0.4, -0.2) is 25.5 Å². The Kier molecular flexibility index (Phi) is 5.42. The Morgan fingerprint density at radius 2 is 1.84 bits per heavy atom. The van der Waals surface area contributed by atoms with E-state index in [-0.39, 0.29) is 11.8 Å². The van der Waals surface area contributed by atoms with Crippen molar-refractivity contribution in [1.29, 1.82) is 0 Å². The fourth-order valence-corrected chi connectivity index (χ4v) is 2.95. The first-order valence-corrected chi connectivity index (χ1v) is 8.38. The van der Waals surface area contributed by atoms with E-state index in [9.17, 15) is 8.42 Å². The van der Waals surface area contributed by atoms with Crippen molar-refractivity contribution < 1.29 is 8.42 Å². The van der Waals surface area contributed by atoms with Crippen LogP contribution in [0.15, 0.2) is 24.3 Å². The van der Waals surface area contributed by atoms with Gasteiger partial charge in [-0.25, -0.2) is 8.42 Å². The molecule has 1 aromatic rings. The highest BCUT2D eigenvalue weighted by atomic mass is 35.5. The molecule has 0 heterocycles. The summed E-state index contributed by atoms with van der Waals surface area (Å²) >= 11 is 6.10. The second-order valence-electron chi connectivity index (χ2n) is 5.63. The van der Waals surface area contributed by atoms with Crippen molar-refractivity contribution in [2.75, 3.05) is 12.3 Å². The molecular weight excluding hydrogens is 282 g/mol. The number of nitrogens with one attached hydrogen (secondary N) is 1. The molecule has 0 aliphatic rings. The highest BCUT2D eigenvalue weighted by Crippen LogP contribution is 2.22. The van der Waals surface area contributed by atoms with E-state index in [2.05, 4.69) is 5.32 Å². The van der Waals surface area contributed by atoms with E-state index in [1.165, 1.54) is 0 Å². The molecule has 108 valence electrons. The summed E-state index contributed by atoms with van der Waals surface area (Å²) in [5.41, 5.74) is 0.984. The topological polar surface area (TPSA) is 46.2 Å². The Labute approximate surface area is 121 Å². The van der Waals surface area contributed by atoms with Gasteiger partial charge in [-0.1, -0.05) is 29.8 Å². The van der Waals surface area contributed by atoms with Gasteiger partial charge in [-0.15, -0.1) is 0 Å². The monoisotopic (exact) mass is 303 g/mol. The first kappa shape index (κ1) is 16.5. The lowest BCUT2D eigenvalue weighted by Crippen LogP contribution is -2.35. The van der Waals surface area contributed by atoms with E-state index >= 15 is 0 Å². The molecule has 0 bridgehead atoms. The Morgan fingerprint density at radius 3 is 2.37 bits per heavy atom. The van der Waals surface area contributed by atoms with Crippen molar-refractivity contribution in [2.45, 2.75) is 38.5 Å². The largest absolute Gasteiger partial charge is 0.309 e. The summed E-state index contributed by atoms with van der Waals surface area (Å²) in [5, 5.41) is 3.90. The van der Waals surface area contributed by atoms with Crippen LogP contribution >= 0.6 is 11.6 Å². The van der Waals surface area contributed by atoms with Gasteiger partial charge >= 0.3 is 0 Å². The first-order chi connectivity index (χ1) is 8.65. The molecule has 0 saturated carbocycles. The minimum atomic E-state index is -3.08. The smallest absolute Gasteiger partial charge is 0.156 e. The van der Waals surface area contributed by atoms with Crippen LogP contribution in [0.3, 0.4) is 0 Å². The standard InChI is InChI=1S/C14H22ClNO2S/c1-11(12-7-5-6-8-13(12)15)16-9-10-19(17,18)14(2,3)4/h5-8,11,16H,9-10H2,1-4H3/t11-/m0/s1. The molecule has 5 heteroatoms. The van der Waals surface area contributed by atoms with E-state index in [0.29, 0.717) is 11.6 Å². The summed E-state index contributed by atoms with van der Waals surface area (Å²) in [5.74, 6) is 0.130. The third kappa shape index (κ3) is 4.48. The quantitative estimate of drug-likeness (QED) is 0.908.